The number of ether oxygens (including phenoxy) is 1. The van der Waals surface area contributed by atoms with E-state index in [9.17, 15) is 13.2 Å². The summed E-state index contributed by atoms with van der Waals surface area (Å²) in [5.41, 5.74) is 1.62. The Morgan fingerprint density at radius 2 is 1.66 bits per heavy atom. The molecule has 0 aromatic heterocycles. The minimum absolute atomic E-state index is 0.0466. The average Bonchev–Trinajstić information content (AvgIpc) is 2.77. The van der Waals surface area contributed by atoms with E-state index >= 15 is 0 Å². The maximum atomic E-state index is 13.5. The summed E-state index contributed by atoms with van der Waals surface area (Å²) in [5, 5.41) is 2.51. The molecule has 7 heteroatoms. The topological polar surface area (TPSA) is 75.7 Å². The Hall–Kier alpha value is -3.32. The molecule has 0 unspecified atom stereocenters. The van der Waals surface area contributed by atoms with Gasteiger partial charge in [0.2, 0.25) is 0 Å². The second-order valence-corrected chi connectivity index (χ2v) is 8.16. The second-order valence-electron chi connectivity index (χ2n) is 6.30. The van der Waals surface area contributed by atoms with Gasteiger partial charge < -0.3 is 10.1 Å². The van der Waals surface area contributed by atoms with Gasteiger partial charge in [-0.1, -0.05) is 36.4 Å². The SMILES string of the molecule is CNC(=O)c1cccc(S(=O)(=O)N(Cc2ccccc2)c2ccc(OC)cc2)c1. The van der Waals surface area contributed by atoms with Crippen LogP contribution in [0.15, 0.2) is 83.8 Å². The molecule has 0 spiro atoms. The van der Waals surface area contributed by atoms with Gasteiger partial charge in [0.1, 0.15) is 5.75 Å². The summed E-state index contributed by atoms with van der Waals surface area (Å²) in [4.78, 5) is 12.0. The van der Waals surface area contributed by atoms with E-state index in [0.717, 1.165) is 5.56 Å². The summed E-state index contributed by atoms with van der Waals surface area (Å²) < 4.78 is 33.5. The molecule has 0 radical (unpaired) electrons. The van der Waals surface area contributed by atoms with Gasteiger partial charge in [-0.25, -0.2) is 8.42 Å². The maximum Gasteiger partial charge on any atom is 0.264 e. The van der Waals surface area contributed by atoms with Crippen molar-refractivity contribution in [2.75, 3.05) is 18.5 Å². The highest BCUT2D eigenvalue weighted by Crippen LogP contribution is 2.28. The zero-order chi connectivity index (χ0) is 20.9. The molecule has 3 aromatic carbocycles. The number of sulfonamides is 1. The third kappa shape index (κ3) is 4.57. The molecule has 1 N–H and O–H groups in total. The van der Waals surface area contributed by atoms with E-state index in [4.69, 9.17) is 4.74 Å². The molecule has 1 amide bonds. The van der Waals surface area contributed by atoms with Crippen molar-refractivity contribution in [2.24, 2.45) is 0 Å². The van der Waals surface area contributed by atoms with Crippen molar-refractivity contribution in [1.29, 1.82) is 0 Å². The first-order valence-corrected chi connectivity index (χ1v) is 10.4. The number of nitrogens with zero attached hydrogens (tertiary/aromatic N) is 1. The fraction of sp³-hybridized carbons (Fsp3) is 0.136. The first kappa shape index (κ1) is 20.4. The molecule has 0 bridgehead atoms. The Balaban J connectivity index is 2.07. The summed E-state index contributed by atoms with van der Waals surface area (Å²) in [5.74, 6) is 0.286. The molecule has 6 nitrogen and oxygen atoms in total. The van der Waals surface area contributed by atoms with Crippen molar-refractivity contribution in [3.63, 3.8) is 0 Å². The smallest absolute Gasteiger partial charge is 0.264 e. The highest BCUT2D eigenvalue weighted by atomic mass is 32.2. The highest BCUT2D eigenvalue weighted by Gasteiger charge is 2.26. The molecule has 3 rings (SSSR count). The molecular weight excluding hydrogens is 388 g/mol. The van der Waals surface area contributed by atoms with Gasteiger partial charge in [-0.15, -0.1) is 0 Å². The van der Waals surface area contributed by atoms with E-state index in [1.54, 1.807) is 43.5 Å². The quantitative estimate of drug-likeness (QED) is 0.647. The van der Waals surface area contributed by atoms with Crippen molar-refractivity contribution < 1.29 is 17.9 Å². The first-order valence-electron chi connectivity index (χ1n) is 8.98. The molecular formula is C22H22N2O4S. The second kappa shape index (κ2) is 8.79. The standard InChI is InChI=1S/C22H22N2O4S/c1-23-22(25)18-9-6-10-21(15-18)29(26,27)24(16-17-7-4-3-5-8-17)19-11-13-20(28-2)14-12-19/h3-15H,16H2,1-2H3,(H,23,25). The maximum absolute atomic E-state index is 13.5. The Bertz CT molecular complexity index is 1080. The van der Waals surface area contributed by atoms with Crippen LogP contribution in [-0.2, 0) is 16.6 Å². The van der Waals surface area contributed by atoms with Crippen LogP contribution < -0.4 is 14.4 Å². The molecule has 0 atom stereocenters. The lowest BCUT2D eigenvalue weighted by atomic mass is 10.2. The Kier molecular flexibility index (Phi) is 6.19. The monoisotopic (exact) mass is 410 g/mol. The van der Waals surface area contributed by atoms with Crippen LogP contribution in [0.3, 0.4) is 0 Å². The molecule has 0 saturated heterocycles. The van der Waals surface area contributed by atoms with E-state index in [-0.39, 0.29) is 22.9 Å². The van der Waals surface area contributed by atoms with Gasteiger partial charge in [0.05, 0.1) is 24.2 Å². The number of carbonyl (C=O) groups excluding carboxylic acids is 1. The summed E-state index contributed by atoms with van der Waals surface area (Å²) in [6.07, 6.45) is 0. The minimum Gasteiger partial charge on any atom is -0.497 e. The molecule has 3 aromatic rings. The van der Waals surface area contributed by atoms with E-state index in [1.807, 2.05) is 30.3 Å². The number of methoxy groups -OCH3 is 1. The number of nitrogens with one attached hydrogen (secondary N) is 1. The lowest BCUT2D eigenvalue weighted by Gasteiger charge is -2.25. The van der Waals surface area contributed by atoms with Gasteiger partial charge >= 0.3 is 0 Å². The zero-order valence-electron chi connectivity index (χ0n) is 16.2. The van der Waals surface area contributed by atoms with E-state index in [2.05, 4.69) is 5.32 Å². The minimum atomic E-state index is -3.92. The highest BCUT2D eigenvalue weighted by molar-refractivity contribution is 7.92. The molecule has 0 heterocycles. The van der Waals surface area contributed by atoms with Crippen molar-refractivity contribution in [3.8, 4) is 5.75 Å². The normalized spacial score (nSPS) is 11.0. The summed E-state index contributed by atoms with van der Waals surface area (Å²) >= 11 is 0. The van der Waals surface area contributed by atoms with Crippen LogP contribution in [0, 0.1) is 0 Å². The molecule has 150 valence electrons. The number of carbonyl (C=O) groups is 1. The molecule has 29 heavy (non-hydrogen) atoms. The number of hydrogen-bond acceptors (Lipinski definition) is 4. The number of amides is 1. The molecule has 0 fully saturated rings. The van der Waals surface area contributed by atoms with Gasteiger partial charge in [-0.3, -0.25) is 9.10 Å². The van der Waals surface area contributed by atoms with Gasteiger partial charge in [-0.05, 0) is 48.0 Å². The largest absolute Gasteiger partial charge is 0.497 e. The Morgan fingerprint density at radius 3 is 2.28 bits per heavy atom. The number of anilines is 1. The van der Waals surface area contributed by atoms with Crippen molar-refractivity contribution >= 4 is 21.6 Å². The van der Waals surface area contributed by atoms with Crippen LogP contribution in [0.25, 0.3) is 0 Å². The lowest BCUT2D eigenvalue weighted by molar-refractivity contribution is 0.0963. The fourth-order valence-electron chi connectivity index (χ4n) is 2.88. The molecule has 0 aliphatic rings. The van der Waals surface area contributed by atoms with Crippen molar-refractivity contribution in [2.45, 2.75) is 11.4 Å². The molecule has 0 aliphatic carbocycles. The van der Waals surface area contributed by atoms with Crippen LogP contribution >= 0.6 is 0 Å². The van der Waals surface area contributed by atoms with E-state index in [1.165, 1.54) is 23.5 Å². The van der Waals surface area contributed by atoms with Gasteiger partial charge in [0, 0.05) is 12.6 Å². The average molecular weight is 410 g/mol. The summed E-state index contributed by atoms with van der Waals surface area (Å²) in [6.45, 7) is 0.152. The zero-order valence-corrected chi connectivity index (χ0v) is 17.0. The third-order valence-electron chi connectivity index (χ3n) is 4.44. The lowest BCUT2D eigenvalue weighted by Crippen LogP contribution is -2.31. The van der Waals surface area contributed by atoms with Crippen LogP contribution in [0.4, 0.5) is 5.69 Å². The van der Waals surface area contributed by atoms with Gasteiger partial charge in [0.15, 0.2) is 0 Å². The first-order chi connectivity index (χ1) is 14.0. The van der Waals surface area contributed by atoms with E-state index < -0.39 is 10.0 Å². The third-order valence-corrected chi connectivity index (χ3v) is 6.21. The van der Waals surface area contributed by atoms with Gasteiger partial charge in [0.25, 0.3) is 15.9 Å². The Labute approximate surface area is 170 Å². The van der Waals surface area contributed by atoms with Crippen molar-refractivity contribution in [3.05, 3.63) is 90.0 Å². The number of benzene rings is 3. The van der Waals surface area contributed by atoms with Gasteiger partial charge in [-0.2, -0.15) is 0 Å². The van der Waals surface area contributed by atoms with E-state index in [0.29, 0.717) is 11.4 Å². The molecule has 0 aliphatic heterocycles. The van der Waals surface area contributed by atoms with Crippen molar-refractivity contribution in [1.82, 2.24) is 5.32 Å². The fourth-order valence-corrected chi connectivity index (χ4v) is 4.38. The Morgan fingerprint density at radius 1 is 0.966 bits per heavy atom. The molecule has 0 saturated carbocycles. The summed E-state index contributed by atoms with van der Waals surface area (Å²) in [7, 11) is -0.868. The van der Waals surface area contributed by atoms with Crippen LogP contribution in [-0.4, -0.2) is 28.5 Å². The number of rotatable bonds is 7. The number of hydrogen-bond donors (Lipinski definition) is 1. The summed E-state index contributed by atoms with van der Waals surface area (Å²) in [6, 6.07) is 22.2. The predicted octanol–water partition coefficient (Wildman–Crippen LogP) is 3.45. The van der Waals surface area contributed by atoms with Crippen LogP contribution in [0.1, 0.15) is 15.9 Å². The van der Waals surface area contributed by atoms with Crippen LogP contribution in [0.5, 0.6) is 5.75 Å². The van der Waals surface area contributed by atoms with Crippen LogP contribution in [0.2, 0.25) is 0 Å². The predicted molar refractivity (Wildman–Crippen MR) is 113 cm³/mol.